The first kappa shape index (κ1) is 9.40. The smallest absolute Gasteiger partial charge is 0.153 e. The number of aldehydes is 1. The minimum absolute atomic E-state index is 0.303. The van der Waals surface area contributed by atoms with Crippen molar-refractivity contribution in [1.82, 2.24) is 4.57 Å². The summed E-state index contributed by atoms with van der Waals surface area (Å²) < 4.78 is 15.4. The van der Waals surface area contributed by atoms with Gasteiger partial charge >= 0.3 is 0 Å². The van der Waals surface area contributed by atoms with Gasteiger partial charge in [0.05, 0.1) is 15.7 Å². The van der Waals surface area contributed by atoms with Gasteiger partial charge in [0.15, 0.2) is 6.29 Å². The van der Waals surface area contributed by atoms with E-state index in [9.17, 15) is 9.18 Å². The number of hydrogen-bond donors (Lipinski definition) is 0. The van der Waals surface area contributed by atoms with Crippen molar-refractivity contribution in [3.63, 3.8) is 0 Å². The molecule has 0 unspecified atom stereocenters. The first-order valence-corrected chi connectivity index (χ1v) is 4.83. The van der Waals surface area contributed by atoms with Gasteiger partial charge in [0.2, 0.25) is 0 Å². The Kier molecular flexibility index (Phi) is 2.15. The van der Waals surface area contributed by atoms with E-state index in [1.807, 2.05) is 0 Å². The Hall–Kier alpha value is -1.16. The predicted octanol–water partition coefficient (Wildman–Crippen LogP) is 2.89. The van der Waals surface area contributed by atoms with Crippen molar-refractivity contribution in [2.24, 2.45) is 7.05 Å². The largest absolute Gasteiger partial charge is 0.338 e. The van der Waals surface area contributed by atoms with E-state index < -0.39 is 0 Å². The molecule has 0 atom stereocenters. The normalized spacial score (nSPS) is 10.8. The van der Waals surface area contributed by atoms with Crippen molar-refractivity contribution in [1.29, 1.82) is 0 Å². The lowest BCUT2D eigenvalue weighted by Gasteiger charge is -1.96. The van der Waals surface area contributed by atoms with E-state index in [2.05, 4.69) is 15.9 Å². The van der Waals surface area contributed by atoms with Gasteiger partial charge in [-0.05, 0) is 34.1 Å². The van der Waals surface area contributed by atoms with Gasteiger partial charge in [0.25, 0.3) is 0 Å². The van der Waals surface area contributed by atoms with Crippen LogP contribution in [0.5, 0.6) is 0 Å². The monoisotopic (exact) mass is 255 g/mol. The number of carbonyl (C=O) groups excluding carboxylic acids is 1. The molecule has 0 saturated carbocycles. The summed E-state index contributed by atoms with van der Waals surface area (Å²) in [4.78, 5) is 10.8. The fourth-order valence-corrected chi connectivity index (χ4v) is 2.02. The van der Waals surface area contributed by atoms with Crippen molar-refractivity contribution in [2.45, 2.75) is 0 Å². The molecule has 2 nitrogen and oxygen atoms in total. The van der Waals surface area contributed by atoms with Crippen LogP contribution >= 0.6 is 15.9 Å². The number of aryl methyl sites for hydroxylation is 1. The van der Waals surface area contributed by atoms with Crippen LogP contribution in [0.3, 0.4) is 0 Å². The van der Waals surface area contributed by atoms with Crippen molar-refractivity contribution in [2.75, 3.05) is 0 Å². The molecular formula is C10H7BrFNO. The molecule has 0 aliphatic heterocycles. The van der Waals surface area contributed by atoms with Gasteiger partial charge < -0.3 is 4.57 Å². The molecule has 1 heterocycles. The zero-order valence-corrected chi connectivity index (χ0v) is 9.01. The Labute approximate surface area is 88.5 Å². The molecule has 0 N–H and O–H groups in total. The van der Waals surface area contributed by atoms with Crippen LogP contribution in [0.25, 0.3) is 10.9 Å². The molecular weight excluding hydrogens is 249 g/mol. The van der Waals surface area contributed by atoms with Gasteiger partial charge in [-0.2, -0.15) is 0 Å². The second-order valence-electron chi connectivity index (χ2n) is 3.04. The third-order valence-electron chi connectivity index (χ3n) is 2.25. The Morgan fingerprint density at radius 2 is 2.21 bits per heavy atom. The molecule has 0 aliphatic rings. The van der Waals surface area contributed by atoms with Gasteiger partial charge in [-0.3, -0.25) is 4.79 Å². The first-order chi connectivity index (χ1) is 6.65. The maximum absolute atomic E-state index is 12.9. The molecule has 0 radical (unpaired) electrons. The van der Waals surface area contributed by atoms with Crippen LogP contribution in [-0.4, -0.2) is 10.9 Å². The van der Waals surface area contributed by atoms with Gasteiger partial charge in [-0.15, -0.1) is 0 Å². The zero-order chi connectivity index (χ0) is 10.3. The van der Waals surface area contributed by atoms with E-state index in [0.29, 0.717) is 15.7 Å². The molecule has 14 heavy (non-hydrogen) atoms. The summed E-state index contributed by atoms with van der Waals surface area (Å²) in [6.07, 6.45) is 0.768. The first-order valence-electron chi connectivity index (χ1n) is 4.03. The number of benzene rings is 1. The molecule has 0 fully saturated rings. The van der Waals surface area contributed by atoms with E-state index in [0.717, 1.165) is 11.7 Å². The van der Waals surface area contributed by atoms with Crippen molar-refractivity contribution in [3.8, 4) is 0 Å². The molecule has 1 aromatic carbocycles. The minimum Gasteiger partial charge on any atom is -0.338 e. The Morgan fingerprint density at radius 3 is 2.86 bits per heavy atom. The number of nitrogens with zero attached hydrogens (tertiary/aromatic N) is 1. The maximum Gasteiger partial charge on any atom is 0.153 e. The standard InChI is InChI=1S/C10H7BrFNO/c1-13-9-4-6(12)2-3-7(9)8(5-14)10(13)11/h2-5H,1H3. The van der Waals surface area contributed by atoms with Gasteiger partial charge in [-0.1, -0.05) is 0 Å². The van der Waals surface area contributed by atoms with E-state index in [-0.39, 0.29) is 5.82 Å². The number of carbonyl (C=O) groups is 1. The van der Waals surface area contributed by atoms with Crippen LogP contribution in [0.1, 0.15) is 10.4 Å². The molecule has 2 aromatic rings. The average Bonchev–Trinajstić information content (AvgIpc) is 2.41. The summed E-state index contributed by atoms with van der Waals surface area (Å²) in [7, 11) is 1.78. The number of aromatic nitrogens is 1. The Balaban J connectivity index is 2.95. The second-order valence-corrected chi connectivity index (χ2v) is 3.79. The van der Waals surface area contributed by atoms with Crippen LogP contribution in [0, 0.1) is 5.82 Å². The molecule has 4 heteroatoms. The van der Waals surface area contributed by atoms with Crippen molar-refractivity contribution >= 4 is 33.1 Å². The van der Waals surface area contributed by atoms with Crippen LogP contribution in [0.2, 0.25) is 0 Å². The lowest BCUT2D eigenvalue weighted by atomic mass is 10.2. The fourth-order valence-electron chi connectivity index (χ4n) is 1.52. The number of halogens is 2. The third-order valence-corrected chi connectivity index (χ3v) is 3.21. The molecule has 0 aliphatic carbocycles. The van der Waals surface area contributed by atoms with Crippen LogP contribution in [-0.2, 0) is 7.05 Å². The number of fused-ring (bicyclic) bond motifs is 1. The van der Waals surface area contributed by atoms with Crippen LogP contribution in [0.15, 0.2) is 22.8 Å². The Morgan fingerprint density at radius 1 is 1.50 bits per heavy atom. The lowest BCUT2D eigenvalue weighted by Crippen LogP contribution is -1.87. The second kappa shape index (κ2) is 3.20. The highest BCUT2D eigenvalue weighted by Gasteiger charge is 2.12. The summed E-state index contributed by atoms with van der Waals surface area (Å²) in [6.45, 7) is 0. The SMILES string of the molecule is Cn1c(Br)c(C=O)c2ccc(F)cc21. The zero-order valence-electron chi connectivity index (χ0n) is 7.42. The van der Waals surface area contributed by atoms with Crippen LogP contribution in [0.4, 0.5) is 4.39 Å². The third kappa shape index (κ3) is 1.18. The maximum atomic E-state index is 12.9. The molecule has 0 spiro atoms. The topological polar surface area (TPSA) is 22.0 Å². The van der Waals surface area contributed by atoms with Crippen molar-refractivity contribution in [3.05, 3.63) is 34.2 Å². The van der Waals surface area contributed by atoms with Gasteiger partial charge in [-0.25, -0.2) is 4.39 Å². The highest BCUT2D eigenvalue weighted by atomic mass is 79.9. The Bertz CT molecular complexity index is 518. The van der Waals surface area contributed by atoms with E-state index in [4.69, 9.17) is 0 Å². The van der Waals surface area contributed by atoms with E-state index in [1.54, 1.807) is 17.7 Å². The summed E-state index contributed by atoms with van der Waals surface area (Å²) >= 11 is 3.29. The minimum atomic E-state index is -0.303. The average molecular weight is 256 g/mol. The number of rotatable bonds is 1. The molecule has 72 valence electrons. The summed E-state index contributed by atoms with van der Waals surface area (Å²) in [5.41, 5.74) is 1.27. The fraction of sp³-hybridized carbons (Fsp3) is 0.100. The molecule has 0 bridgehead atoms. The molecule has 0 amide bonds. The lowest BCUT2D eigenvalue weighted by molar-refractivity contribution is 0.112. The highest BCUT2D eigenvalue weighted by molar-refractivity contribution is 9.10. The predicted molar refractivity (Wildman–Crippen MR) is 56.0 cm³/mol. The van der Waals surface area contributed by atoms with Gasteiger partial charge in [0, 0.05) is 12.4 Å². The van der Waals surface area contributed by atoms with E-state index in [1.165, 1.54) is 12.1 Å². The summed E-state index contributed by atoms with van der Waals surface area (Å²) in [5, 5.41) is 0.760. The molecule has 0 saturated heterocycles. The molecule has 1 aromatic heterocycles. The number of hydrogen-bond acceptors (Lipinski definition) is 1. The van der Waals surface area contributed by atoms with E-state index >= 15 is 0 Å². The van der Waals surface area contributed by atoms with Crippen LogP contribution < -0.4 is 0 Å². The van der Waals surface area contributed by atoms with Crippen molar-refractivity contribution < 1.29 is 9.18 Å². The summed E-state index contributed by atoms with van der Waals surface area (Å²) in [5.74, 6) is -0.303. The summed E-state index contributed by atoms with van der Waals surface area (Å²) in [6, 6.07) is 4.37. The molecule has 2 rings (SSSR count). The quantitative estimate of drug-likeness (QED) is 0.719. The highest BCUT2D eigenvalue weighted by Crippen LogP contribution is 2.28. The van der Waals surface area contributed by atoms with Gasteiger partial charge in [0.1, 0.15) is 5.82 Å².